The Morgan fingerprint density at radius 1 is 1.17 bits per heavy atom. The van der Waals surface area contributed by atoms with Crippen LogP contribution in [-0.4, -0.2) is 24.8 Å². The first-order valence-electron chi connectivity index (χ1n) is 5.25. The first kappa shape index (κ1) is 10.0. The van der Waals surface area contributed by atoms with Gasteiger partial charge in [-0.05, 0) is 38.3 Å². The van der Waals surface area contributed by atoms with Crippen molar-refractivity contribution < 1.29 is 5.11 Å². The summed E-state index contributed by atoms with van der Waals surface area (Å²) in [6.45, 7) is 2.46. The SMILES string of the molecule is OCCCNCC1CCCCC1. The van der Waals surface area contributed by atoms with E-state index in [2.05, 4.69) is 5.32 Å². The zero-order valence-corrected chi connectivity index (χ0v) is 7.89. The molecule has 2 N–H and O–H groups in total. The predicted molar refractivity (Wildman–Crippen MR) is 51.1 cm³/mol. The van der Waals surface area contributed by atoms with Crippen LogP contribution in [0.4, 0.5) is 0 Å². The van der Waals surface area contributed by atoms with Crippen molar-refractivity contribution in [3.8, 4) is 0 Å². The molecule has 0 aromatic carbocycles. The maximum Gasteiger partial charge on any atom is 0.0443 e. The van der Waals surface area contributed by atoms with E-state index in [-0.39, 0.29) is 0 Å². The Labute approximate surface area is 75.4 Å². The lowest BCUT2D eigenvalue weighted by Crippen LogP contribution is -2.25. The Bertz CT molecular complexity index is 100. The van der Waals surface area contributed by atoms with Crippen LogP contribution in [0.1, 0.15) is 38.5 Å². The minimum absolute atomic E-state index is 0.317. The molecular weight excluding hydrogens is 150 g/mol. The minimum Gasteiger partial charge on any atom is -0.396 e. The van der Waals surface area contributed by atoms with Gasteiger partial charge in [-0.2, -0.15) is 0 Å². The molecule has 1 rings (SSSR count). The van der Waals surface area contributed by atoms with Gasteiger partial charge in [0.2, 0.25) is 0 Å². The molecule has 72 valence electrons. The summed E-state index contributed by atoms with van der Waals surface area (Å²) in [5.41, 5.74) is 0. The molecular formula is C10H21NO. The van der Waals surface area contributed by atoms with E-state index in [0.717, 1.165) is 18.9 Å². The summed E-state index contributed by atoms with van der Waals surface area (Å²) < 4.78 is 0. The second-order valence-corrected chi connectivity index (χ2v) is 3.79. The van der Waals surface area contributed by atoms with Crippen LogP contribution in [0.3, 0.4) is 0 Å². The molecule has 0 spiro atoms. The van der Waals surface area contributed by atoms with E-state index < -0.39 is 0 Å². The molecule has 0 saturated heterocycles. The number of nitrogens with one attached hydrogen (secondary N) is 1. The summed E-state index contributed by atoms with van der Waals surface area (Å²) >= 11 is 0. The molecule has 0 bridgehead atoms. The van der Waals surface area contributed by atoms with Gasteiger partial charge in [-0.1, -0.05) is 19.3 Å². The highest BCUT2D eigenvalue weighted by Gasteiger charge is 2.11. The van der Waals surface area contributed by atoms with Crippen LogP contribution in [0.25, 0.3) is 0 Å². The highest BCUT2D eigenvalue weighted by molar-refractivity contribution is 4.67. The van der Waals surface area contributed by atoms with Gasteiger partial charge in [-0.25, -0.2) is 0 Å². The lowest BCUT2D eigenvalue weighted by molar-refractivity contribution is 0.280. The van der Waals surface area contributed by atoms with Crippen molar-refractivity contribution >= 4 is 0 Å². The monoisotopic (exact) mass is 171 g/mol. The summed E-state index contributed by atoms with van der Waals surface area (Å²) in [4.78, 5) is 0. The highest BCUT2D eigenvalue weighted by atomic mass is 16.3. The number of rotatable bonds is 5. The second kappa shape index (κ2) is 6.44. The standard InChI is InChI=1S/C10H21NO/c12-8-4-7-11-9-10-5-2-1-3-6-10/h10-12H,1-9H2. The fourth-order valence-corrected chi connectivity index (χ4v) is 1.90. The van der Waals surface area contributed by atoms with E-state index in [4.69, 9.17) is 5.11 Å². The Morgan fingerprint density at radius 3 is 2.58 bits per heavy atom. The predicted octanol–water partition coefficient (Wildman–Crippen LogP) is 1.54. The van der Waals surface area contributed by atoms with Crippen LogP contribution in [0.5, 0.6) is 0 Å². The average Bonchev–Trinajstić information content (AvgIpc) is 2.14. The lowest BCUT2D eigenvalue weighted by atomic mass is 9.89. The maximum atomic E-state index is 8.56. The summed E-state index contributed by atoms with van der Waals surface area (Å²) in [6.07, 6.45) is 8.00. The lowest BCUT2D eigenvalue weighted by Gasteiger charge is -2.21. The zero-order valence-electron chi connectivity index (χ0n) is 7.89. The summed E-state index contributed by atoms with van der Waals surface area (Å²) in [6, 6.07) is 0. The summed E-state index contributed by atoms with van der Waals surface area (Å²) in [5.74, 6) is 0.914. The van der Waals surface area contributed by atoms with Crippen molar-refractivity contribution in [3.63, 3.8) is 0 Å². The molecule has 0 heterocycles. The zero-order chi connectivity index (χ0) is 8.65. The molecule has 0 aromatic rings. The molecule has 1 fully saturated rings. The van der Waals surface area contributed by atoms with Gasteiger partial charge in [0.05, 0.1) is 0 Å². The van der Waals surface area contributed by atoms with Crippen molar-refractivity contribution in [2.45, 2.75) is 38.5 Å². The number of aliphatic hydroxyl groups is 1. The number of aliphatic hydroxyl groups excluding tert-OH is 1. The minimum atomic E-state index is 0.317. The molecule has 1 saturated carbocycles. The van der Waals surface area contributed by atoms with Crippen LogP contribution in [0.15, 0.2) is 0 Å². The largest absolute Gasteiger partial charge is 0.396 e. The summed E-state index contributed by atoms with van der Waals surface area (Å²) in [7, 11) is 0. The Balaban J connectivity index is 1.91. The van der Waals surface area contributed by atoms with Crippen LogP contribution in [0, 0.1) is 5.92 Å². The molecule has 0 radical (unpaired) electrons. The van der Waals surface area contributed by atoms with Crippen LogP contribution < -0.4 is 5.32 Å². The van der Waals surface area contributed by atoms with E-state index in [1.54, 1.807) is 0 Å². The van der Waals surface area contributed by atoms with Crippen molar-refractivity contribution in [1.29, 1.82) is 0 Å². The average molecular weight is 171 g/mol. The fourth-order valence-electron chi connectivity index (χ4n) is 1.90. The first-order valence-corrected chi connectivity index (χ1v) is 5.25. The van der Waals surface area contributed by atoms with Gasteiger partial charge in [0.1, 0.15) is 0 Å². The fraction of sp³-hybridized carbons (Fsp3) is 1.00. The Morgan fingerprint density at radius 2 is 1.92 bits per heavy atom. The molecule has 0 amide bonds. The van der Waals surface area contributed by atoms with Gasteiger partial charge in [0.25, 0.3) is 0 Å². The Hall–Kier alpha value is -0.0800. The highest BCUT2D eigenvalue weighted by Crippen LogP contribution is 2.22. The maximum absolute atomic E-state index is 8.56. The molecule has 0 aromatic heterocycles. The molecule has 0 atom stereocenters. The van der Waals surface area contributed by atoms with E-state index in [1.165, 1.54) is 38.6 Å². The van der Waals surface area contributed by atoms with Crippen molar-refractivity contribution in [3.05, 3.63) is 0 Å². The third kappa shape index (κ3) is 4.07. The summed E-state index contributed by atoms with van der Waals surface area (Å²) in [5, 5.41) is 12.0. The molecule has 2 heteroatoms. The van der Waals surface area contributed by atoms with Crippen LogP contribution in [0.2, 0.25) is 0 Å². The van der Waals surface area contributed by atoms with Gasteiger partial charge in [0.15, 0.2) is 0 Å². The quantitative estimate of drug-likeness (QED) is 0.615. The van der Waals surface area contributed by atoms with Gasteiger partial charge < -0.3 is 10.4 Å². The van der Waals surface area contributed by atoms with Gasteiger partial charge in [-0.15, -0.1) is 0 Å². The van der Waals surface area contributed by atoms with Crippen molar-refractivity contribution in [2.75, 3.05) is 19.7 Å². The molecule has 12 heavy (non-hydrogen) atoms. The second-order valence-electron chi connectivity index (χ2n) is 3.79. The smallest absolute Gasteiger partial charge is 0.0443 e. The molecule has 1 aliphatic carbocycles. The third-order valence-electron chi connectivity index (χ3n) is 2.67. The Kier molecular flexibility index (Phi) is 5.37. The van der Waals surface area contributed by atoms with E-state index in [1.807, 2.05) is 0 Å². The molecule has 1 aliphatic rings. The molecule has 0 unspecified atom stereocenters. The third-order valence-corrected chi connectivity index (χ3v) is 2.67. The molecule has 0 aliphatic heterocycles. The van der Waals surface area contributed by atoms with Crippen molar-refractivity contribution in [2.24, 2.45) is 5.92 Å². The van der Waals surface area contributed by atoms with Crippen molar-refractivity contribution in [1.82, 2.24) is 5.32 Å². The topological polar surface area (TPSA) is 32.3 Å². The van der Waals surface area contributed by atoms with Gasteiger partial charge in [-0.3, -0.25) is 0 Å². The number of hydrogen-bond acceptors (Lipinski definition) is 2. The van der Waals surface area contributed by atoms with E-state index in [0.29, 0.717) is 6.61 Å². The first-order chi connectivity index (χ1) is 5.93. The van der Waals surface area contributed by atoms with Crippen LogP contribution >= 0.6 is 0 Å². The molecule has 2 nitrogen and oxygen atoms in total. The van der Waals surface area contributed by atoms with Gasteiger partial charge >= 0.3 is 0 Å². The van der Waals surface area contributed by atoms with E-state index in [9.17, 15) is 0 Å². The number of hydrogen-bond donors (Lipinski definition) is 2. The normalized spacial score (nSPS) is 19.8. The van der Waals surface area contributed by atoms with Gasteiger partial charge in [0, 0.05) is 6.61 Å². The van der Waals surface area contributed by atoms with E-state index >= 15 is 0 Å². The van der Waals surface area contributed by atoms with Crippen LogP contribution in [-0.2, 0) is 0 Å².